The number of aromatic nitrogens is 1. The van der Waals surface area contributed by atoms with Crippen LogP contribution in [0.15, 0.2) is 17.5 Å². The van der Waals surface area contributed by atoms with Gasteiger partial charge in [-0.1, -0.05) is 17.4 Å². The Balaban J connectivity index is 1.92. The minimum atomic E-state index is -0.201. The third-order valence-corrected chi connectivity index (χ3v) is 4.35. The number of nitrogens with one attached hydrogen (secondary N) is 2. The van der Waals surface area contributed by atoms with Crippen LogP contribution in [0.2, 0.25) is 0 Å². The van der Waals surface area contributed by atoms with Crippen molar-refractivity contribution in [2.24, 2.45) is 0 Å². The van der Waals surface area contributed by atoms with Crippen molar-refractivity contribution in [3.05, 3.63) is 27.3 Å². The first-order chi connectivity index (χ1) is 9.70. The average Bonchev–Trinajstić information content (AvgIpc) is 3.06. The Bertz CT molecular complexity index is 554. The highest BCUT2D eigenvalue weighted by Crippen LogP contribution is 2.24. The maximum atomic E-state index is 12.0. The van der Waals surface area contributed by atoms with Crippen molar-refractivity contribution >= 4 is 39.5 Å². The van der Waals surface area contributed by atoms with Crippen molar-refractivity contribution in [1.82, 2.24) is 10.3 Å². The molecule has 0 fully saturated rings. The number of carbonyl (C=O) groups excluding carboxylic acids is 1. The summed E-state index contributed by atoms with van der Waals surface area (Å²) in [6, 6.07) is 3.92. The summed E-state index contributed by atoms with van der Waals surface area (Å²) in [7, 11) is 1.63. The first-order valence-corrected chi connectivity index (χ1v) is 7.70. The lowest BCUT2D eigenvalue weighted by Gasteiger charge is -2.01. The van der Waals surface area contributed by atoms with E-state index in [1.165, 1.54) is 11.3 Å². The molecule has 0 bridgehead atoms. The number of methoxy groups -OCH3 is 1. The number of ether oxygens (including phenoxy) is 1. The largest absolute Gasteiger partial charge is 0.383 e. The highest BCUT2D eigenvalue weighted by molar-refractivity contribution is 7.18. The van der Waals surface area contributed by atoms with Gasteiger partial charge < -0.3 is 21.1 Å². The lowest BCUT2D eigenvalue weighted by atomic mass is 10.4. The molecule has 2 aromatic rings. The Labute approximate surface area is 125 Å². The van der Waals surface area contributed by atoms with Gasteiger partial charge in [0.2, 0.25) is 0 Å². The zero-order chi connectivity index (χ0) is 14.4. The SMILES string of the molecule is COCCNc1nc(N)c(C(=O)NCc2cccs2)s1. The molecule has 0 aliphatic carbocycles. The Morgan fingerprint density at radius 1 is 1.55 bits per heavy atom. The van der Waals surface area contributed by atoms with E-state index in [2.05, 4.69) is 15.6 Å². The molecule has 1 amide bonds. The number of nitrogen functional groups attached to an aromatic ring is 1. The summed E-state index contributed by atoms with van der Waals surface area (Å²) >= 11 is 2.84. The zero-order valence-electron chi connectivity index (χ0n) is 11.0. The molecule has 20 heavy (non-hydrogen) atoms. The second kappa shape index (κ2) is 7.22. The zero-order valence-corrected chi connectivity index (χ0v) is 12.6. The van der Waals surface area contributed by atoms with Crippen molar-refractivity contribution in [3.63, 3.8) is 0 Å². The van der Waals surface area contributed by atoms with E-state index in [1.807, 2.05) is 17.5 Å². The number of amides is 1. The van der Waals surface area contributed by atoms with E-state index >= 15 is 0 Å². The quantitative estimate of drug-likeness (QED) is 0.678. The Morgan fingerprint density at radius 3 is 3.10 bits per heavy atom. The number of nitrogens with two attached hydrogens (primary N) is 1. The third kappa shape index (κ3) is 3.92. The molecule has 0 aliphatic rings. The molecule has 6 nitrogen and oxygen atoms in total. The van der Waals surface area contributed by atoms with E-state index in [9.17, 15) is 4.79 Å². The predicted octanol–water partition coefficient (Wildman–Crippen LogP) is 1.78. The van der Waals surface area contributed by atoms with Crippen LogP contribution in [0, 0.1) is 0 Å². The van der Waals surface area contributed by atoms with E-state index < -0.39 is 0 Å². The first kappa shape index (κ1) is 14.8. The van der Waals surface area contributed by atoms with E-state index in [1.54, 1.807) is 18.4 Å². The lowest BCUT2D eigenvalue weighted by Crippen LogP contribution is -2.22. The second-order valence-corrected chi connectivity index (χ2v) is 5.95. The van der Waals surface area contributed by atoms with Gasteiger partial charge in [0.05, 0.1) is 13.2 Å². The van der Waals surface area contributed by atoms with Gasteiger partial charge in [0.1, 0.15) is 10.7 Å². The van der Waals surface area contributed by atoms with Gasteiger partial charge in [-0.05, 0) is 11.4 Å². The molecule has 0 saturated carbocycles. The van der Waals surface area contributed by atoms with Crippen LogP contribution in [0.25, 0.3) is 0 Å². The fourth-order valence-corrected chi connectivity index (χ4v) is 2.96. The molecule has 4 N–H and O–H groups in total. The number of carbonyl (C=O) groups is 1. The fourth-order valence-electron chi connectivity index (χ4n) is 1.49. The van der Waals surface area contributed by atoms with Crippen LogP contribution in [0.4, 0.5) is 10.9 Å². The molecule has 0 aromatic carbocycles. The standard InChI is InChI=1S/C12H16N4O2S2/c1-18-5-4-14-12-16-10(13)9(20-12)11(17)15-7-8-3-2-6-19-8/h2-3,6H,4-5,7,13H2,1H3,(H,14,16)(H,15,17). The normalized spacial score (nSPS) is 10.4. The maximum absolute atomic E-state index is 12.0. The average molecular weight is 312 g/mol. The van der Waals surface area contributed by atoms with Crippen molar-refractivity contribution in [1.29, 1.82) is 0 Å². The highest BCUT2D eigenvalue weighted by Gasteiger charge is 2.15. The molecular formula is C12H16N4O2S2. The first-order valence-electron chi connectivity index (χ1n) is 6.00. The molecule has 2 aromatic heterocycles. The number of thiophene rings is 1. The van der Waals surface area contributed by atoms with Crippen LogP contribution < -0.4 is 16.4 Å². The molecule has 2 heterocycles. The number of rotatable bonds is 7. The Hall–Kier alpha value is -1.64. The van der Waals surface area contributed by atoms with E-state index in [-0.39, 0.29) is 11.7 Å². The van der Waals surface area contributed by atoms with Gasteiger partial charge in [0.25, 0.3) is 5.91 Å². The molecule has 0 radical (unpaired) electrons. The molecule has 108 valence electrons. The van der Waals surface area contributed by atoms with Gasteiger partial charge in [-0.25, -0.2) is 4.98 Å². The predicted molar refractivity (Wildman–Crippen MR) is 82.4 cm³/mol. The molecule has 0 spiro atoms. The van der Waals surface area contributed by atoms with Crippen molar-refractivity contribution in [2.75, 3.05) is 31.3 Å². The van der Waals surface area contributed by atoms with Crippen LogP contribution in [0.5, 0.6) is 0 Å². The van der Waals surface area contributed by atoms with Crippen molar-refractivity contribution in [3.8, 4) is 0 Å². The van der Waals surface area contributed by atoms with Crippen molar-refractivity contribution in [2.45, 2.75) is 6.54 Å². The minimum absolute atomic E-state index is 0.201. The highest BCUT2D eigenvalue weighted by atomic mass is 32.1. The smallest absolute Gasteiger partial charge is 0.265 e. The summed E-state index contributed by atoms with van der Waals surface area (Å²) < 4.78 is 4.93. The molecule has 2 rings (SSSR count). The van der Waals surface area contributed by atoms with Crippen LogP contribution in [-0.2, 0) is 11.3 Å². The number of hydrogen-bond acceptors (Lipinski definition) is 7. The van der Waals surface area contributed by atoms with E-state index in [0.717, 1.165) is 4.88 Å². The molecule has 0 saturated heterocycles. The molecule has 0 unspecified atom stereocenters. The van der Waals surface area contributed by atoms with Crippen LogP contribution in [-0.4, -0.2) is 31.2 Å². The molecule has 8 heteroatoms. The monoisotopic (exact) mass is 312 g/mol. The number of thiazole rings is 1. The van der Waals surface area contributed by atoms with Gasteiger partial charge in [-0.15, -0.1) is 11.3 Å². The fraction of sp³-hybridized carbons (Fsp3) is 0.333. The van der Waals surface area contributed by atoms with Crippen molar-refractivity contribution < 1.29 is 9.53 Å². The summed E-state index contributed by atoms with van der Waals surface area (Å²) in [5, 5.41) is 8.49. The molecular weight excluding hydrogens is 296 g/mol. The summed E-state index contributed by atoms with van der Waals surface area (Å²) in [5.41, 5.74) is 5.77. The van der Waals surface area contributed by atoms with Gasteiger partial charge in [0, 0.05) is 18.5 Å². The maximum Gasteiger partial charge on any atom is 0.265 e. The Morgan fingerprint density at radius 2 is 2.40 bits per heavy atom. The van der Waals surface area contributed by atoms with E-state index in [0.29, 0.717) is 29.7 Å². The number of hydrogen-bond donors (Lipinski definition) is 3. The van der Waals surface area contributed by atoms with Crippen LogP contribution >= 0.6 is 22.7 Å². The topological polar surface area (TPSA) is 89.3 Å². The van der Waals surface area contributed by atoms with Gasteiger partial charge >= 0.3 is 0 Å². The summed E-state index contributed by atoms with van der Waals surface area (Å²) in [4.78, 5) is 17.7. The van der Waals surface area contributed by atoms with Crippen LogP contribution in [0.1, 0.15) is 14.5 Å². The van der Waals surface area contributed by atoms with Gasteiger partial charge in [-0.3, -0.25) is 4.79 Å². The second-order valence-electron chi connectivity index (χ2n) is 3.91. The summed E-state index contributed by atoms with van der Waals surface area (Å²) in [6.07, 6.45) is 0. The molecule has 0 aliphatic heterocycles. The van der Waals surface area contributed by atoms with E-state index in [4.69, 9.17) is 10.5 Å². The lowest BCUT2D eigenvalue weighted by molar-refractivity contribution is 0.0956. The summed E-state index contributed by atoms with van der Waals surface area (Å²) in [6.45, 7) is 1.69. The van der Waals surface area contributed by atoms with Gasteiger partial charge in [-0.2, -0.15) is 0 Å². The third-order valence-electron chi connectivity index (χ3n) is 2.45. The summed E-state index contributed by atoms with van der Waals surface area (Å²) in [5.74, 6) is 0.0480. The molecule has 0 atom stereocenters. The Kier molecular flexibility index (Phi) is 5.33. The number of nitrogens with zero attached hydrogens (tertiary/aromatic N) is 1. The van der Waals surface area contributed by atoms with Gasteiger partial charge in [0.15, 0.2) is 5.13 Å². The van der Waals surface area contributed by atoms with Crippen LogP contribution in [0.3, 0.4) is 0 Å². The minimum Gasteiger partial charge on any atom is -0.383 e. The number of anilines is 2.